The van der Waals surface area contributed by atoms with Crippen molar-refractivity contribution >= 4 is 29.2 Å². The molecule has 1 unspecified atom stereocenters. The summed E-state index contributed by atoms with van der Waals surface area (Å²) in [6, 6.07) is 10.2. The molecule has 1 aliphatic rings. The lowest BCUT2D eigenvalue weighted by molar-refractivity contribution is -0.137. The molecule has 11 heteroatoms. The minimum Gasteiger partial charge on any atom is -0.349 e. The predicted octanol–water partition coefficient (Wildman–Crippen LogP) is 3.60. The van der Waals surface area contributed by atoms with Crippen molar-refractivity contribution in [2.24, 2.45) is 0 Å². The van der Waals surface area contributed by atoms with E-state index in [1.807, 2.05) is 0 Å². The third-order valence-electron chi connectivity index (χ3n) is 5.30. The van der Waals surface area contributed by atoms with Gasteiger partial charge in [0.15, 0.2) is 5.54 Å². The van der Waals surface area contributed by atoms with Crippen LogP contribution in [0.1, 0.15) is 26.5 Å². The summed E-state index contributed by atoms with van der Waals surface area (Å²) < 4.78 is 38.7. The monoisotopic (exact) mass is 474 g/mol. The summed E-state index contributed by atoms with van der Waals surface area (Å²) in [5.74, 6) is -1.20. The number of urea groups is 1. The van der Waals surface area contributed by atoms with Crippen LogP contribution in [0.25, 0.3) is 11.1 Å². The fourth-order valence-electron chi connectivity index (χ4n) is 3.66. The van der Waals surface area contributed by atoms with Gasteiger partial charge in [0.25, 0.3) is 11.8 Å². The maximum atomic E-state index is 13.1. The van der Waals surface area contributed by atoms with Gasteiger partial charge >= 0.3 is 12.2 Å². The zero-order chi connectivity index (χ0) is 23.8. The Hall–Kier alpha value is -3.73. The maximum absolute atomic E-state index is 13.1. The Bertz CT molecular complexity index is 1240. The summed E-state index contributed by atoms with van der Waals surface area (Å²) in [7, 11) is 0. The molecule has 0 radical (unpaired) electrons. The number of aromatic nitrogens is 1. The van der Waals surface area contributed by atoms with Gasteiger partial charge in [0.2, 0.25) is 0 Å². The lowest BCUT2D eigenvalue weighted by Gasteiger charge is -2.25. The first kappa shape index (κ1) is 22.5. The number of nitrogens with zero attached hydrogens (tertiary/aromatic N) is 1. The average Bonchev–Trinajstić information content (AvgIpc) is 3.34. The highest BCUT2D eigenvalue weighted by Crippen LogP contribution is 2.32. The third kappa shape index (κ3) is 4.19. The highest BCUT2D eigenvalue weighted by atomic mass is 32.1. The summed E-state index contributed by atoms with van der Waals surface area (Å²) in [5.41, 5.74) is 0.538. The van der Waals surface area contributed by atoms with Crippen LogP contribution in [0.3, 0.4) is 0 Å². The molecule has 2 aromatic carbocycles. The number of thiazole rings is 1. The Morgan fingerprint density at radius 2 is 1.82 bits per heavy atom. The highest BCUT2D eigenvalue weighted by molar-refractivity contribution is 7.09. The number of hydrogen-bond donors (Lipinski definition) is 3. The van der Waals surface area contributed by atoms with Gasteiger partial charge in [-0.15, -0.1) is 11.3 Å². The van der Waals surface area contributed by atoms with Crippen molar-refractivity contribution in [2.45, 2.75) is 18.6 Å². The molecular formula is C22H17F3N4O3S. The Labute approximate surface area is 190 Å². The van der Waals surface area contributed by atoms with E-state index in [9.17, 15) is 27.6 Å². The SMILES string of the molecule is Cc1scnc1C1(CNC(=O)c2ccccc2-c2ccc(C(F)(F)F)cc2)NC(=O)NC1=O. The number of rotatable bonds is 5. The number of imide groups is 1. The maximum Gasteiger partial charge on any atom is 0.416 e. The van der Waals surface area contributed by atoms with Gasteiger partial charge in [-0.25, -0.2) is 9.78 Å². The van der Waals surface area contributed by atoms with Crippen LogP contribution >= 0.6 is 11.3 Å². The molecule has 1 aliphatic heterocycles. The first-order valence-corrected chi connectivity index (χ1v) is 10.6. The summed E-state index contributed by atoms with van der Waals surface area (Å²) in [5, 5.41) is 7.40. The molecule has 1 fully saturated rings. The molecule has 0 spiro atoms. The summed E-state index contributed by atoms with van der Waals surface area (Å²) >= 11 is 1.29. The smallest absolute Gasteiger partial charge is 0.349 e. The number of hydrogen-bond acceptors (Lipinski definition) is 5. The Morgan fingerprint density at radius 3 is 2.39 bits per heavy atom. The molecule has 1 saturated heterocycles. The van der Waals surface area contributed by atoms with E-state index in [1.54, 1.807) is 25.1 Å². The minimum absolute atomic E-state index is 0.201. The number of amides is 4. The Balaban J connectivity index is 1.61. The average molecular weight is 474 g/mol. The molecular weight excluding hydrogens is 457 g/mol. The lowest BCUT2D eigenvalue weighted by Crippen LogP contribution is -2.53. The van der Waals surface area contributed by atoms with Crippen molar-refractivity contribution < 1.29 is 27.6 Å². The van der Waals surface area contributed by atoms with Crippen LogP contribution in [0.2, 0.25) is 0 Å². The standard InChI is InChI=1S/C22H17F3N4O3S/c1-12-17(27-11-33-12)21(19(31)28-20(32)29-21)10-26-18(30)16-5-3-2-4-15(16)13-6-8-14(9-7-13)22(23,24)25/h2-9,11H,10H2,1H3,(H,26,30)(H2,28,29,31,32). The number of halogens is 3. The molecule has 1 atom stereocenters. The van der Waals surface area contributed by atoms with Crippen molar-refractivity contribution in [2.75, 3.05) is 6.54 Å². The van der Waals surface area contributed by atoms with Crippen LogP contribution in [-0.4, -0.2) is 29.4 Å². The second-order valence-electron chi connectivity index (χ2n) is 7.37. The van der Waals surface area contributed by atoms with Gasteiger partial charge < -0.3 is 10.6 Å². The Kier molecular flexibility index (Phi) is 5.66. The van der Waals surface area contributed by atoms with Gasteiger partial charge in [0.05, 0.1) is 23.3 Å². The number of carbonyl (C=O) groups is 3. The van der Waals surface area contributed by atoms with E-state index in [0.717, 1.165) is 12.1 Å². The topological polar surface area (TPSA) is 100 Å². The fraction of sp³-hybridized carbons (Fsp3) is 0.182. The molecule has 4 rings (SSSR count). The van der Waals surface area contributed by atoms with E-state index in [0.29, 0.717) is 21.7 Å². The van der Waals surface area contributed by atoms with Crippen LogP contribution in [0.15, 0.2) is 54.0 Å². The van der Waals surface area contributed by atoms with Crippen LogP contribution in [-0.2, 0) is 16.5 Å². The van der Waals surface area contributed by atoms with Gasteiger partial charge in [0.1, 0.15) is 0 Å². The molecule has 3 aromatic rings. The molecule has 0 saturated carbocycles. The summed E-state index contributed by atoms with van der Waals surface area (Å²) in [4.78, 5) is 42.5. The second kappa shape index (κ2) is 8.32. The molecule has 2 heterocycles. The number of aryl methyl sites for hydroxylation is 1. The zero-order valence-electron chi connectivity index (χ0n) is 17.1. The molecule has 3 N–H and O–H groups in total. The second-order valence-corrected chi connectivity index (χ2v) is 8.43. The fourth-order valence-corrected chi connectivity index (χ4v) is 4.32. The predicted molar refractivity (Wildman–Crippen MR) is 114 cm³/mol. The first-order chi connectivity index (χ1) is 15.6. The van der Waals surface area contributed by atoms with Gasteiger partial charge in [-0.2, -0.15) is 13.2 Å². The summed E-state index contributed by atoms with van der Waals surface area (Å²) in [6.07, 6.45) is -4.47. The molecule has 0 aliphatic carbocycles. The van der Waals surface area contributed by atoms with Crippen molar-refractivity contribution in [3.05, 3.63) is 75.7 Å². The molecule has 4 amide bonds. The summed E-state index contributed by atoms with van der Waals surface area (Å²) in [6.45, 7) is 1.48. The quantitative estimate of drug-likeness (QED) is 0.492. The van der Waals surface area contributed by atoms with Gasteiger partial charge in [-0.3, -0.25) is 14.9 Å². The van der Waals surface area contributed by atoms with Crippen LogP contribution in [0.4, 0.5) is 18.0 Å². The molecule has 170 valence electrons. The highest BCUT2D eigenvalue weighted by Gasteiger charge is 2.50. The molecule has 7 nitrogen and oxygen atoms in total. The van der Waals surface area contributed by atoms with Gasteiger partial charge in [-0.05, 0) is 36.2 Å². The van der Waals surface area contributed by atoms with E-state index in [2.05, 4.69) is 20.9 Å². The van der Waals surface area contributed by atoms with Crippen molar-refractivity contribution in [1.82, 2.24) is 20.9 Å². The Morgan fingerprint density at radius 1 is 1.12 bits per heavy atom. The third-order valence-corrected chi connectivity index (χ3v) is 6.06. The van der Waals surface area contributed by atoms with E-state index in [-0.39, 0.29) is 12.1 Å². The van der Waals surface area contributed by atoms with E-state index >= 15 is 0 Å². The van der Waals surface area contributed by atoms with Gasteiger partial charge in [-0.1, -0.05) is 30.3 Å². The molecule has 33 heavy (non-hydrogen) atoms. The number of carbonyl (C=O) groups excluding carboxylic acids is 3. The van der Waals surface area contributed by atoms with Crippen molar-refractivity contribution in [3.63, 3.8) is 0 Å². The van der Waals surface area contributed by atoms with Crippen LogP contribution in [0.5, 0.6) is 0 Å². The minimum atomic E-state index is -4.47. The molecule has 0 bridgehead atoms. The van der Waals surface area contributed by atoms with Crippen LogP contribution in [0, 0.1) is 6.92 Å². The molecule has 1 aromatic heterocycles. The van der Waals surface area contributed by atoms with E-state index < -0.39 is 35.1 Å². The van der Waals surface area contributed by atoms with Crippen LogP contribution < -0.4 is 16.0 Å². The van der Waals surface area contributed by atoms with Crippen molar-refractivity contribution in [3.8, 4) is 11.1 Å². The number of alkyl halides is 3. The van der Waals surface area contributed by atoms with E-state index in [4.69, 9.17) is 0 Å². The normalized spacial score (nSPS) is 18.1. The first-order valence-electron chi connectivity index (χ1n) is 9.71. The number of benzene rings is 2. The number of nitrogens with one attached hydrogen (secondary N) is 3. The zero-order valence-corrected chi connectivity index (χ0v) is 17.9. The van der Waals surface area contributed by atoms with Gasteiger partial charge in [0, 0.05) is 10.4 Å². The lowest BCUT2D eigenvalue weighted by atomic mass is 9.93. The largest absolute Gasteiger partial charge is 0.416 e. The van der Waals surface area contributed by atoms with E-state index in [1.165, 1.54) is 35.0 Å². The van der Waals surface area contributed by atoms with Crippen molar-refractivity contribution in [1.29, 1.82) is 0 Å².